The number of carbonyl (C=O) groups is 2. The predicted molar refractivity (Wildman–Crippen MR) is 57.5 cm³/mol. The zero-order valence-corrected chi connectivity index (χ0v) is 9.39. The van der Waals surface area contributed by atoms with Gasteiger partial charge in [0.05, 0.1) is 12.2 Å². The van der Waals surface area contributed by atoms with Crippen LogP contribution in [0.1, 0.15) is 26.7 Å². The lowest BCUT2D eigenvalue weighted by Gasteiger charge is -2.10. The number of nitrogens with one attached hydrogen (secondary N) is 1. The van der Waals surface area contributed by atoms with E-state index < -0.39 is 5.97 Å². The molecule has 0 rings (SSSR count). The van der Waals surface area contributed by atoms with E-state index in [-0.39, 0.29) is 18.4 Å². The molecule has 2 N–H and O–H groups in total. The first-order chi connectivity index (χ1) is 6.56. The maximum absolute atomic E-state index is 11.2. The van der Waals surface area contributed by atoms with Crippen molar-refractivity contribution >= 4 is 23.6 Å². The lowest BCUT2D eigenvalue weighted by Crippen LogP contribution is -2.35. The number of carboxylic acid groups (broad SMARTS) is 1. The Hall–Kier alpha value is -0.710. The molecular weight excluding hydrogens is 202 g/mol. The van der Waals surface area contributed by atoms with E-state index in [0.29, 0.717) is 5.75 Å². The number of hydrogen-bond donors (Lipinski definition) is 2. The van der Waals surface area contributed by atoms with E-state index >= 15 is 0 Å². The minimum absolute atomic E-state index is 0.0236. The molecule has 0 aliphatic carbocycles. The van der Waals surface area contributed by atoms with Gasteiger partial charge in [0.1, 0.15) is 0 Å². The van der Waals surface area contributed by atoms with Crippen LogP contribution in [0.5, 0.6) is 0 Å². The molecule has 0 saturated heterocycles. The topological polar surface area (TPSA) is 66.4 Å². The highest BCUT2D eigenvalue weighted by Gasteiger charge is 2.10. The first-order valence-electron chi connectivity index (χ1n) is 4.65. The van der Waals surface area contributed by atoms with Gasteiger partial charge in [-0.2, -0.15) is 11.8 Å². The number of carboxylic acids is 1. The molecule has 1 atom stereocenters. The van der Waals surface area contributed by atoms with Gasteiger partial charge in [0.15, 0.2) is 0 Å². The third kappa shape index (κ3) is 7.91. The molecule has 82 valence electrons. The van der Waals surface area contributed by atoms with Crippen LogP contribution in [0.4, 0.5) is 0 Å². The minimum Gasteiger partial charge on any atom is -0.481 e. The summed E-state index contributed by atoms with van der Waals surface area (Å²) in [6.45, 7) is 3.74. The molecule has 0 aromatic rings. The molecule has 0 radical (unpaired) electrons. The molecule has 1 unspecified atom stereocenters. The molecular formula is C9H17NO3S. The molecule has 1 amide bonds. The molecule has 0 aromatic carbocycles. The normalized spacial score (nSPS) is 12.1. The Morgan fingerprint density at radius 3 is 2.64 bits per heavy atom. The van der Waals surface area contributed by atoms with Crippen molar-refractivity contribution in [3.05, 3.63) is 0 Å². The van der Waals surface area contributed by atoms with Crippen LogP contribution in [-0.2, 0) is 9.59 Å². The van der Waals surface area contributed by atoms with E-state index in [1.165, 1.54) is 0 Å². The number of hydrogen-bond acceptors (Lipinski definition) is 3. The van der Waals surface area contributed by atoms with Crippen LogP contribution in [-0.4, -0.2) is 34.5 Å². The summed E-state index contributed by atoms with van der Waals surface area (Å²) in [4.78, 5) is 21.5. The highest BCUT2D eigenvalue weighted by molar-refractivity contribution is 7.99. The Labute approximate surface area is 88.4 Å². The van der Waals surface area contributed by atoms with Gasteiger partial charge in [-0.05, 0) is 19.1 Å². The maximum Gasteiger partial charge on any atom is 0.305 e. The second kappa shape index (κ2) is 7.67. The summed E-state index contributed by atoms with van der Waals surface area (Å²) in [6, 6.07) is -0.290. The quantitative estimate of drug-likeness (QED) is 0.629. The third-order valence-electron chi connectivity index (χ3n) is 1.47. The van der Waals surface area contributed by atoms with Crippen LogP contribution in [0.25, 0.3) is 0 Å². The average molecular weight is 219 g/mol. The van der Waals surface area contributed by atoms with Gasteiger partial charge in [0, 0.05) is 6.04 Å². The van der Waals surface area contributed by atoms with Crippen molar-refractivity contribution in [1.29, 1.82) is 0 Å². The van der Waals surface area contributed by atoms with Crippen LogP contribution >= 0.6 is 11.8 Å². The third-order valence-corrected chi connectivity index (χ3v) is 2.63. The van der Waals surface area contributed by atoms with Gasteiger partial charge in [-0.25, -0.2) is 0 Å². The predicted octanol–water partition coefficient (Wildman–Crippen LogP) is 1.11. The van der Waals surface area contributed by atoms with E-state index in [2.05, 4.69) is 12.2 Å². The number of carbonyl (C=O) groups excluding carboxylic acids is 1. The molecule has 0 aromatic heterocycles. The fraction of sp³-hybridized carbons (Fsp3) is 0.778. The molecule has 0 saturated carbocycles. The van der Waals surface area contributed by atoms with Crippen LogP contribution in [0.15, 0.2) is 0 Å². The van der Waals surface area contributed by atoms with Crippen LogP contribution in [0, 0.1) is 0 Å². The first kappa shape index (κ1) is 13.3. The molecule has 0 aliphatic heterocycles. The lowest BCUT2D eigenvalue weighted by molar-refractivity contribution is -0.137. The second-order valence-electron chi connectivity index (χ2n) is 3.12. The fourth-order valence-electron chi connectivity index (χ4n) is 0.939. The minimum atomic E-state index is -0.890. The Morgan fingerprint density at radius 2 is 2.14 bits per heavy atom. The van der Waals surface area contributed by atoms with Crippen LogP contribution in [0.2, 0.25) is 0 Å². The summed E-state index contributed by atoms with van der Waals surface area (Å²) in [7, 11) is 0. The zero-order chi connectivity index (χ0) is 11.0. The summed E-state index contributed by atoms with van der Waals surface area (Å²) in [6.07, 6.45) is 1.02. The molecule has 0 spiro atoms. The Morgan fingerprint density at radius 1 is 1.50 bits per heavy atom. The summed E-state index contributed by atoms with van der Waals surface area (Å²) in [5, 5.41) is 11.1. The van der Waals surface area contributed by atoms with Gasteiger partial charge in [0.2, 0.25) is 5.91 Å². The van der Waals surface area contributed by atoms with Crippen molar-refractivity contribution in [2.45, 2.75) is 32.7 Å². The number of aliphatic carboxylic acids is 1. The van der Waals surface area contributed by atoms with Gasteiger partial charge in [-0.1, -0.05) is 6.92 Å². The molecule has 0 fully saturated rings. The Balaban J connectivity index is 3.55. The molecule has 0 aliphatic rings. The summed E-state index contributed by atoms with van der Waals surface area (Å²) in [5.74, 6) is 0.398. The van der Waals surface area contributed by atoms with E-state index in [1.54, 1.807) is 18.7 Å². The summed E-state index contributed by atoms with van der Waals surface area (Å²) in [5.41, 5.74) is 0. The Bertz CT molecular complexity index is 196. The fourth-order valence-corrected chi connectivity index (χ4v) is 1.64. The van der Waals surface area contributed by atoms with Gasteiger partial charge >= 0.3 is 5.97 Å². The number of thioether (sulfide) groups is 1. The van der Waals surface area contributed by atoms with E-state index in [0.717, 1.165) is 12.2 Å². The average Bonchev–Trinajstić information content (AvgIpc) is 2.02. The second-order valence-corrected chi connectivity index (χ2v) is 4.22. The van der Waals surface area contributed by atoms with Crippen molar-refractivity contribution in [2.75, 3.05) is 11.5 Å². The first-order valence-corrected chi connectivity index (χ1v) is 5.80. The van der Waals surface area contributed by atoms with Crippen LogP contribution in [0.3, 0.4) is 0 Å². The monoisotopic (exact) mass is 219 g/mol. The zero-order valence-electron chi connectivity index (χ0n) is 8.58. The maximum atomic E-state index is 11.2. The van der Waals surface area contributed by atoms with Crippen molar-refractivity contribution in [3.8, 4) is 0 Å². The smallest absolute Gasteiger partial charge is 0.305 e. The molecule has 4 nitrogen and oxygen atoms in total. The van der Waals surface area contributed by atoms with E-state index in [9.17, 15) is 9.59 Å². The van der Waals surface area contributed by atoms with Gasteiger partial charge in [-0.15, -0.1) is 0 Å². The largest absolute Gasteiger partial charge is 0.481 e. The van der Waals surface area contributed by atoms with Crippen LogP contribution < -0.4 is 5.32 Å². The van der Waals surface area contributed by atoms with Gasteiger partial charge < -0.3 is 10.4 Å². The number of rotatable bonds is 7. The van der Waals surface area contributed by atoms with E-state index in [4.69, 9.17) is 5.11 Å². The standard InChI is InChI=1S/C9H17NO3S/c1-3-4-14-6-8(11)10-7(2)5-9(12)13/h7H,3-6H2,1-2H3,(H,10,11)(H,12,13). The van der Waals surface area contributed by atoms with Crippen molar-refractivity contribution in [2.24, 2.45) is 0 Å². The molecule has 0 bridgehead atoms. The van der Waals surface area contributed by atoms with Gasteiger partial charge in [-0.3, -0.25) is 9.59 Å². The SMILES string of the molecule is CCCSCC(=O)NC(C)CC(=O)O. The van der Waals surface area contributed by atoms with Crippen molar-refractivity contribution < 1.29 is 14.7 Å². The van der Waals surface area contributed by atoms with Gasteiger partial charge in [0.25, 0.3) is 0 Å². The summed E-state index contributed by atoms with van der Waals surface area (Å²) < 4.78 is 0. The lowest BCUT2D eigenvalue weighted by atomic mass is 10.2. The Kier molecular flexibility index (Phi) is 7.28. The number of amides is 1. The summed E-state index contributed by atoms with van der Waals surface area (Å²) >= 11 is 1.56. The van der Waals surface area contributed by atoms with Crippen molar-refractivity contribution in [3.63, 3.8) is 0 Å². The highest BCUT2D eigenvalue weighted by atomic mass is 32.2. The molecule has 0 heterocycles. The molecule has 14 heavy (non-hydrogen) atoms. The van der Waals surface area contributed by atoms with Crippen molar-refractivity contribution in [1.82, 2.24) is 5.32 Å². The highest BCUT2D eigenvalue weighted by Crippen LogP contribution is 2.01. The molecule has 5 heteroatoms. The van der Waals surface area contributed by atoms with E-state index in [1.807, 2.05) is 0 Å².